The summed E-state index contributed by atoms with van der Waals surface area (Å²) in [4.78, 5) is 24.7. The number of imidazole rings is 1. The number of nitrogens with one attached hydrogen (secondary N) is 3. The number of carbonyl (C=O) groups excluding carboxylic acids is 1. The number of methoxy groups -OCH3 is 1. The van der Waals surface area contributed by atoms with Gasteiger partial charge in [-0.3, -0.25) is 9.36 Å². The summed E-state index contributed by atoms with van der Waals surface area (Å²) in [7, 11) is 3.00. The average Bonchev–Trinajstić information content (AvgIpc) is 3.44. The van der Waals surface area contributed by atoms with E-state index in [1.165, 1.54) is 13.4 Å². The predicted octanol–water partition coefficient (Wildman–Crippen LogP) is 2.23. The zero-order chi connectivity index (χ0) is 25.9. The van der Waals surface area contributed by atoms with Crippen LogP contribution in [0.4, 0.5) is 11.8 Å². The molecular formula is C21H27N8O5PS. The van der Waals surface area contributed by atoms with E-state index in [9.17, 15) is 4.79 Å². The molecule has 1 aliphatic rings. The zero-order valence-corrected chi connectivity index (χ0v) is 21.6. The number of fused-ring (bicyclic) bond motifs is 1. The Morgan fingerprint density at radius 3 is 2.83 bits per heavy atom. The van der Waals surface area contributed by atoms with Crippen molar-refractivity contribution in [3.05, 3.63) is 36.7 Å². The molecule has 0 radical (unpaired) electrons. The molecule has 5 N–H and O–H groups in total. The smallest absolute Gasteiger partial charge is 0.323 e. The normalized spacial score (nSPS) is 20.1. The van der Waals surface area contributed by atoms with E-state index in [1.54, 1.807) is 42.8 Å². The summed E-state index contributed by atoms with van der Waals surface area (Å²) in [5.74, 6) is 0.538. The first-order valence-corrected chi connectivity index (χ1v) is 13.6. The first-order chi connectivity index (χ1) is 17.2. The molecule has 4 rings (SSSR count). The molecule has 1 aliphatic heterocycles. The number of carbonyl (C=O) groups is 1. The number of para-hydroxylation sites is 1. The van der Waals surface area contributed by atoms with E-state index in [2.05, 4.69) is 25.4 Å². The quantitative estimate of drug-likeness (QED) is 0.221. The maximum absolute atomic E-state index is 12.0. The summed E-state index contributed by atoms with van der Waals surface area (Å²) in [5, 5.41) is 14.4. The fourth-order valence-electron chi connectivity index (χ4n) is 3.63. The SMILES string of the molecule is CNc1nc(N)nc2c1ncn2[C@@H]1O[C@H](COP(=S)(N[C@H](C)C(=O)OC)Oc2ccccc2)CC1=N. The molecule has 1 aromatic carbocycles. The predicted molar refractivity (Wildman–Crippen MR) is 137 cm³/mol. The second-order valence-corrected chi connectivity index (χ2v) is 11.1. The number of nitrogen functional groups attached to an aromatic ring is 1. The van der Waals surface area contributed by atoms with Crippen LogP contribution in [0.1, 0.15) is 19.6 Å². The Kier molecular flexibility index (Phi) is 7.81. The minimum Gasteiger partial charge on any atom is -0.468 e. The van der Waals surface area contributed by atoms with Crippen LogP contribution in [0.25, 0.3) is 11.2 Å². The maximum Gasteiger partial charge on any atom is 0.323 e. The summed E-state index contributed by atoms with van der Waals surface area (Å²) in [5.41, 5.74) is 7.09. The van der Waals surface area contributed by atoms with Gasteiger partial charge in [0.05, 0.1) is 31.9 Å². The van der Waals surface area contributed by atoms with Crippen molar-refractivity contribution in [2.75, 3.05) is 31.8 Å². The topological polar surface area (TPSA) is 172 Å². The molecule has 0 amide bonds. The molecule has 15 heteroatoms. The van der Waals surface area contributed by atoms with Gasteiger partial charge in [-0.05, 0) is 30.9 Å². The van der Waals surface area contributed by atoms with E-state index in [0.29, 0.717) is 28.4 Å². The monoisotopic (exact) mass is 534 g/mol. The number of ether oxygens (including phenoxy) is 2. The molecule has 0 spiro atoms. The second kappa shape index (κ2) is 10.8. The van der Waals surface area contributed by atoms with Crippen LogP contribution in [0.15, 0.2) is 36.7 Å². The van der Waals surface area contributed by atoms with Crippen LogP contribution in [0.2, 0.25) is 0 Å². The Labute approximate surface area is 212 Å². The number of benzene rings is 1. The van der Waals surface area contributed by atoms with Crippen molar-refractivity contribution in [1.82, 2.24) is 24.6 Å². The number of nitrogens with two attached hydrogens (primary N) is 1. The highest BCUT2D eigenvalue weighted by molar-refractivity contribution is 8.09. The molecule has 3 heterocycles. The van der Waals surface area contributed by atoms with Gasteiger partial charge in [-0.15, -0.1) is 0 Å². The average molecular weight is 535 g/mol. The number of aromatic nitrogens is 4. The molecule has 0 saturated carbocycles. The van der Waals surface area contributed by atoms with E-state index in [1.807, 2.05) is 6.07 Å². The zero-order valence-electron chi connectivity index (χ0n) is 19.9. The summed E-state index contributed by atoms with van der Waals surface area (Å²) in [6, 6.07) is 8.17. The van der Waals surface area contributed by atoms with Gasteiger partial charge in [0.15, 0.2) is 23.2 Å². The molecule has 1 fully saturated rings. The molecule has 4 atom stereocenters. The van der Waals surface area contributed by atoms with Crippen molar-refractivity contribution in [1.29, 1.82) is 5.41 Å². The van der Waals surface area contributed by atoms with Gasteiger partial charge in [-0.1, -0.05) is 18.2 Å². The number of esters is 1. The van der Waals surface area contributed by atoms with E-state index in [0.717, 1.165) is 0 Å². The van der Waals surface area contributed by atoms with Gasteiger partial charge in [0.25, 0.3) is 0 Å². The van der Waals surface area contributed by atoms with Gasteiger partial charge in [0.1, 0.15) is 11.8 Å². The van der Waals surface area contributed by atoms with Crippen LogP contribution in [-0.4, -0.2) is 64.1 Å². The van der Waals surface area contributed by atoms with Gasteiger partial charge in [0.2, 0.25) is 5.95 Å². The third kappa shape index (κ3) is 5.63. The molecule has 36 heavy (non-hydrogen) atoms. The Bertz CT molecular complexity index is 1310. The van der Waals surface area contributed by atoms with Crippen molar-refractivity contribution < 1.29 is 23.3 Å². The number of hydrogen-bond acceptors (Lipinski definition) is 12. The second-order valence-electron chi connectivity index (χ2n) is 7.92. The van der Waals surface area contributed by atoms with Gasteiger partial charge >= 0.3 is 12.6 Å². The number of hydrogen-bond donors (Lipinski definition) is 4. The van der Waals surface area contributed by atoms with Crippen molar-refractivity contribution in [3.63, 3.8) is 0 Å². The maximum atomic E-state index is 12.0. The lowest BCUT2D eigenvalue weighted by Crippen LogP contribution is -2.35. The molecule has 13 nitrogen and oxygen atoms in total. The van der Waals surface area contributed by atoms with Crippen molar-refractivity contribution >= 4 is 53.1 Å². The van der Waals surface area contributed by atoms with Crippen molar-refractivity contribution in [2.24, 2.45) is 0 Å². The van der Waals surface area contributed by atoms with Crippen LogP contribution in [-0.2, 0) is 30.6 Å². The van der Waals surface area contributed by atoms with E-state index in [4.69, 9.17) is 41.5 Å². The Hall–Kier alpha value is -3.16. The molecule has 1 unspecified atom stereocenters. The molecular weight excluding hydrogens is 507 g/mol. The molecule has 192 valence electrons. The van der Waals surface area contributed by atoms with Gasteiger partial charge in [0, 0.05) is 13.5 Å². The first-order valence-electron chi connectivity index (χ1n) is 11.0. The minimum absolute atomic E-state index is 0.0232. The minimum atomic E-state index is -3.21. The Morgan fingerprint density at radius 2 is 2.14 bits per heavy atom. The summed E-state index contributed by atoms with van der Waals surface area (Å²) in [6.07, 6.45) is 0.568. The lowest BCUT2D eigenvalue weighted by atomic mass is 10.2. The molecule has 3 aromatic rings. The van der Waals surface area contributed by atoms with Crippen LogP contribution in [0.3, 0.4) is 0 Å². The Morgan fingerprint density at radius 1 is 1.39 bits per heavy atom. The highest BCUT2D eigenvalue weighted by Gasteiger charge is 2.36. The standard InChI is InChI=1S/C21H27N8O5PS/c1-12(20(30)31-3)28-35(36,34-13-7-5-4-6-8-13)32-10-14-9-15(22)19(33-14)29-11-25-16-17(24-2)26-21(23)27-18(16)29/h4-8,11-12,14,19,22H,9-10H2,1-3H3,(H,28,36)(H3,23,24,26,27)/t12-,14+,19-,35?/m1/s1. The lowest BCUT2D eigenvalue weighted by Gasteiger charge is -2.27. The number of nitrogens with zero attached hydrogens (tertiary/aromatic N) is 4. The number of rotatable bonds is 10. The molecule has 0 aliphatic carbocycles. The fourth-order valence-corrected chi connectivity index (χ4v) is 6.06. The van der Waals surface area contributed by atoms with Crippen molar-refractivity contribution in [3.8, 4) is 5.75 Å². The largest absolute Gasteiger partial charge is 0.468 e. The third-order valence-corrected chi connectivity index (χ3v) is 7.80. The molecule has 1 saturated heterocycles. The highest BCUT2D eigenvalue weighted by Crippen LogP contribution is 2.46. The summed E-state index contributed by atoms with van der Waals surface area (Å²) in [6.45, 7) is -1.57. The lowest BCUT2D eigenvalue weighted by molar-refractivity contribution is -0.142. The Balaban J connectivity index is 1.50. The molecule has 0 bridgehead atoms. The fraction of sp³-hybridized carbons (Fsp3) is 0.381. The van der Waals surface area contributed by atoms with Crippen LogP contribution >= 0.6 is 6.64 Å². The van der Waals surface area contributed by atoms with Gasteiger partial charge < -0.3 is 35.0 Å². The van der Waals surface area contributed by atoms with Crippen LogP contribution in [0.5, 0.6) is 5.75 Å². The van der Waals surface area contributed by atoms with Crippen LogP contribution < -0.4 is 20.7 Å². The third-order valence-electron chi connectivity index (χ3n) is 5.30. The summed E-state index contributed by atoms with van der Waals surface area (Å²) < 4.78 is 24.5. The van der Waals surface area contributed by atoms with E-state index < -0.39 is 31.0 Å². The van der Waals surface area contributed by atoms with Crippen molar-refractivity contribution in [2.45, 2.75) is 31.7 Å². The molecule has 2 aromatic heterocycles. The van der Waals surface area contributed by atoms with E-state index in [-0.39, 0.29) is 19.0 Å². The number of anilines is 2. The van der Waals surface area contributed by atoms with Gasteiger partial charge in [-0.25, -0.2) is 10.1 Å². The highest BCUT2D eigenvalue weighted by atomic mass is 32.5. The van der Waals surface area contributed by atoms with Crippen LogP contribution in [0, 0.1) is 5.41 Å². The summed E-state index contributed by atoms with van der Waals surface area (Å²) >= 11 is 5.69. The van der Waals surface area contributed by atoms with Gasteiger partial charge in [-0.2, -0.15) is 9.97 Å². The first kappa shape index (κ1) is 25.9. The van der Waals surface area contributed by atoms with E-state index >= 15 is 0 Å².